The van der Waals surface area contributed by atoms with Gasteiger partial charge in [0.05, 0.1) is 0 Å². The highest BCUT2D eigenvalue weighted by Gasteiger charge is 2.32. The minimum atomic E-state index is 0.0427. The Balaban J connectivity index is 2.36. The van der Waals surface area contributed by atoms with Gasteiger partial charge >= 0.3 is 0 Å². The van der Waals surface area contributed by atoms with Crippen molar-refractivity contribution in [2.75, 3.05) is 19.7 Å². The number of carbonyl (C=O) groups excluding carboxylic acids is 1. The second kappa shape index (κ2) is 8.54. The molecule has 19 heavy (non-hydrogen) atoms. The second-order valence-corrected chi connectivity index (χ2v) is 6.03. The predicted molar refractivity (Wildman–Crippen MR) is 77.7 cm³/mol. The maximum atomic E-state index is 12.1. The van der Waals surface area contributed by atoms with Gasteiger partial charge in [-0.1, -0.05) is 32.6 Å². The van der Waals surface area contributed by atoms with Crippen molar-refractivity contribution in [1.29, 1.82) is 0 Å². The van der Waals surface area contributed by atoms with Crippen LogP contribution in [0.15, 0.2) is 0 Å². The molecule has 0 aromatic rings. The Morgan fingerprint density at radius 3 is 2.58 bits per heavy atom. The van der Waals surface area contributed by atoms with Gasteiger partial charge in [0, 0.05) is 19.6 Å². The summed E-state index contributed by atoms with van der Waals surface area (Å²) in [5.41, 5.74) is 5.95. The third-order valence-corrected chi connectivity index (χ3v) is 4.59. The molecular formula is C15H30N2O2. The highest BCUT2D eigenvalue weighted by Crippen LogP contribution is 2.38. The number of rotatable bonds is 8. The zero-order valence-corrected chi connectivity index (χ0v) is 12.3. The van der Waals surface area contributed by atoms with Gasteiger partial charge in [-0.05, 0) is 37.1 Å². The lowest BCUT2D eigenvalue weighted by Crippen LogP contribution is -2.39. The van der Waals surface area contributed by atoms with E-state index in [1.807, 2.05) is 0 Å². The molecule has 1 rings (SSSR count). The fraction of sp³-hybridized carbons (Fsp3) is 0.933. The Labute approximate surface area is 117 Å². The number of aliphatic hydroxyl groups is 1. The summed E-state index contributed by atoms with van der Waals surface area (Å²) in [6.07, 6.45) is 8.17. The van der Waals surface area contributed by atoms with E-state index in [2.05, 4.69) is 12.2 Å². The lowest BCUT2D eigenvalue weighted by Gasteiger charge is -2.35. The summed E-state index contributed by atoms with van der Waals surface area (Å²) in [5, 5.41) is 12.0. The first-order chi connectivity index (χ1) is 9.15. The molecule has 1 aliphatic rings. The summed E-state index contributed by atoms with van der Waals surface area (Å²) in [4.78, 5) is 12.1. The van der Waals surface area contributed by atoms with Crippen molar-refractivity contribution in [2.45, 2.75) is 58.3 Å². The Morgan fingerprint density at radius 1 is 1.37 bits per heavy atom. The quantitative estimate of drug-likeness (QED) is 0.629. The van der Waals surface area contributed by atoms with E-state index in [9.17, 15) is 4.79 Å². The molecule has 0 saturated heterocycles. The first kappa shape index (κ1) is 16.4. The lowest BCUT2D eigenvalue weighted by atomic mass is 9.71. The predicted octanol–water partition coefficient (Wildman–Crippen LogP) is 1.81. The molecule has 1 fully saturated rings. The third-order valence-electron chi connectivity index (χ3n) is 4.59. The van der Waals surface area contributed by atoms with Crippen LogP contribution >= 0.6 is 0 Å². The molecule has 4 N–H and O–H groups in total. The van der Waals surface area contributed by atoms with E-state index in [-0.39, 0.29) is 17.9 Å². The molecule has 0 aliphatic heterocycles. The SMILES string of the molecule is CCC(CCO)CNC(=O)CC1(CN)CCCCC1. The average Bonchev–Trinajstić information content (AvgIpc) is 2.44. The molecular weight excluding hydrogens is 240 g/mol. The van der Waals surface area contributed by atoms with Crippen LogP contribution in [-0.2, 0) is 4.79 Å². The summed E-state index contributed by atoms with van der Waals surface area (Å²) >= 11 is 0. The number of hydrogen-bond donors (Lipinski definition) is 3. The van der Waals surface area contributed by atoms with Crippen molar-refractivity contribution < 1.29 is 9.90 Å². The molecule has 4 heteroatoms. The van der Waals surface area contributed by atoms with E-state index in [4.69, 9.17) is 10.8 Å². The summed E-state index contributed by atoms with van der Waals surface area (Å²) in [5.74, 6) is 0.512. The highest BCUT2D eigenvalue weighted by molar-refractivity contribution is 5.76. The fourth-order valence-corrected chi connectivity index (χ4v) is 3.05. The summed E-state index contributed by atoms with van der Waals surface area (Å²) < 4.78 is 0. The molecule has 1 unspecified atom stereocenters. The largest absolute Gasteiger partial charge is 0.396 e. The molecule has 0 aromatic heterocycles. The first-order valence-electron chi connectivity index (χ1n) is 7.73. The lowest BCUT2D eigenvalue weighted by molar-refractivity contribution is -0.124. The molecule has 0 bridgehead atoms. The Morgan fingerprint density at radius 2 is 2.05 bits per heavy atom. The van der Waals surface area contributed by atoms with Gasteiger partial charge in [0.1, 0.15) is 0 Å². The van der Waals surface area contributed by atoms with Gasteiger partial charge in [0.15, 0.2) is 0 Å². The Hall–Kier alpha value is -0.610. The third kappa shape index (κ3) is 5.49. The van der Waals surface area contributed by atoms with E-state index in [1.54, 1.807) is 0 Å². The van der Waals surface area contributed by atoms with Gasteiger partial charge in [-0.15, -0.1) is 0 Å². The monoisotopic (exact) mass is 270 g/mol. The molecule has 4 nitrogen and oxygen atoms in total. The zero-order valence-electron chi connectivity index (χ0n) is 12.3. The molecule has 1 saturated carbocycles. The van der Waals surface area contributed by atoms with Crippen LogP contribution in [0.1, 0.15) is 58.3 Å². The Bertz CT molecular complexity index is 263. The fourth-order valence-electron chi connectivity index (χ4n) is 3.05. The number of amides is 1. The van der Waals surface area contributed by atoms with Crippen molar-refractivity contribution in [3.8, 4) is 0 Å². The Kier molecular flexibility index (Phi) is 7.39. The standard InChI is InChI=1S/C15H30N2O2/c1-2-13(6-9-18)11-17-14(19)10-15(12-16)7-4-3-5-8-15/h13,18H,2-12,16H2,1H3,(H,17,19). The van der Waals surface area contributed by atoms with Gasteiger partial charge in [0.25, 0.3) is 0 Å². The number of nitrogens with two attached hydrogens (primary N) is 1. The first-order valence-corrected chi connectivity index (χ1v) is 7.73. The molecule has 1 amide bonds. The number of carbonyl (C=O) groups is 1. The number of nitrogens with one attached hydrogen (secondary N) is 1. The summed E-state index contributed by atoms with van der Waals surface area (Å²) in [7, 11) is 0. The molecule has 1 atom stereocenters. The average molecular weight is 270 g/mol. The number of aliphatic hydroxyl groups excluding tert-OH is 1. The summed E-state index contributed by atoms with van der Waals surface area (Å²) in [6.45, 7) is 3.58. The van der Waals surface area contributed by atoms with Crippen molar-refractivity contribution in [3.05, 3.63) is 0 Å². The molecule has 0 heterocycles. The normalized spacial score (nSPS) is 19.9. The smallest absolute Gasteiger partial charge is 0.220 e. The van der Waals surface area contributed by atoms with Gasteiger partial charge < -0.3 is 16.2 Å². The maximum Gasteiger partial charge on any atom is 0.220 e. The maximum absolute atomic E-state index is 12.1. The van der Waals surface area contributed by atoms with Crippen molar-refractivity contribution in [2.24, 2.45) is 17.1 Å². The molecule has 0 radical (unpaired) electrons. The van der Waals surface area contributed by atoms with Crippen LogP contribution in [0.5, 0.6) is 0 Å². The topological polar surface area (TPSA) is 75.3 Å². The van der Waals surface area contributed by atoms with Crippen molar-refractivity contribution >= 4 is 5.91 Å². The van der Waals surface area contributed by atoms with Crippen LogP contribution in [0.4, 0.5) is 0 Å². The van der Waals surface area contributed by atoms with E-state index >= 15 is 0 Å². The molecule has 112 valence electrons. The minimum absolute atomic E-state index is 0.0427. The molecule has 0 spiro atoms. The summed E-state index contributed by atoms with van der Waals surface area (Å²) in [6, 6.07) is 0. The van der Waals surface area contributed by atoms with Crippen LogP contribution in [0.2, 0.25) is 0 Å². The van der Waals surface area contributed by atoms with E-state index in [0.717, 1.165) is 25.7 Å². The van der Waals surface area contributed by atoms with Crippen LogP contribution < -0.4 is 11.1 Å². The van der Waals surface area contributed by atoms with E-state index < -0.39 is 0 Å². The van der Waals surface area contributed by atoms with Gasteiger partial charge in [-0.3, -0.25) is 4.79 Å². The van der Waals surface area contributed by atoms with Gasteiger partial charge in [0.2, 0.25) is 5.91 Å². The highest BCUT2D eigenvalue weighted by atomic mass is 16.3. The van der Waals surface area contributed by atoms with Crippen LogP contribution in [0.25, 0.3) is 0 Å². The second-order valence-electron chi connectivity index (χ2n) is 6.03. The van der Waals surface area contributed by atoms with Crippen molar-refractivity contribution in [3.63, 3.8) is 0 Å². The van der Waals surface area contributed by atoms with E-state index in [0.29, 0.717) is 25.4 Å². The minimum Gasteiger partial charge on any atom is -0.396 e. The number of hydrogen-bond acceptors (Lipinski definition) is 3. The van der Waals surface area contributed by atoms with Crippen LogP contribution in [0.3, 0.4) is 0 Å². The van der Waals surface area contributed by atoms with Crippen LogP contribution in [0, 0.1) is 11.3 Å². The van der Waals surface area contributed by atoms with Crippen LogP contribution in [-0.4, -0.2) is 30.7 Å². The molecule has 0 aromatic carbocycles. The van der Waals surface area contributed by atoms with Crippen molar-refractivity contribution in [1.82, 2.24) is 5.32 Å². The zero-order chi connectivity index (χ0) is 14.1. The van der Waals surface area contributed by atoms with E-state index in [1.165, 1.54) is 19.3 Å². The van der Waals surface area contributed by atoms with Gasteiger partial charge in [-0.2, -0.15) is 0 Å². The molecule has 1 aliphatic carbocycles. The van der Waals surface area contributed by atoms with Gasteiger partial charge in [-0.25, -0.2) is 0 Å².